The normalized spacial score (nSPS) is 29.8. The lowest BCUT2D eigenvalue weighted by molar-refractivity contribution is 0.269. The Balaban J connectivity index is 1.62. The minimum absolute atomic E-state index is 0.684. The van der Waals surface area contributed by atoms with Crippen LogP contribution in [0.4, 0.5) is 0 Å². The second-order valence-electron chi connectivity index (χ2n) is 6.16. The molecule has 0 aromatic carbocycles. The van der Waals surface area contributed by atoms with Crippen LogP contribution >= 0.6 is 0 Å². The van der Waals surface area contributed by atoms with Crippen LogP contribution in [0.2, 0.25) is 0 Å². The molecular weight excluding hydrogens is 222 g/mol. The first-order valence-electron chi connectivity index (χ1n) is 7.57. The zero-order valence-corrected chi connectivity index (χ0v) is 11.4. The molecule has 1 N–H and O–H groups in total. The van der Waals surface area contributed by atoms with Gasteiger partial charge in [0.2, 0.25) is 0 Å². The number of rotatable bonds is 3. The third-order valence-corrected chi connectivity index (χ3v) is 4.80. The molecule has 0 bridgehead atoms. The summed E-state index contributed by atoms with van der Waals surface area (Å²) >= 11 is 0. The van der Waals surface area contributed by atoms with Crippen LogP contribution in [-0.2, 0) is 6.42 Å². The average Bonchev–Trinajstić information content (AvgIpc) is 3.02. The van der Waals surface area contributed by atoms with Crippen LogP contribution in [0.1, 0.15) is 50.8 Å². The lowest BCUT2D eigenvalue weighted by Crippen LogP contribution is -2.36. The van der Waals surface area contributed by atoms with Crippen LogP contribution in [-0.4, -0.2) is 22.9 Å². The van der Waals surface area contributed by atoms with E-state index in [1.54, 1.807) is 0 Å². The molecule has 3 heteroatoms. The summed E-state index contributed by atoms with van der Waals surface area (Å²) in [5.74, 6) is 1.61. The lowest BCUT2D eigenvalue weighted by atomic mass is 9.84. The third-order valence-electron chi connectivity index (χ3n) is 4.80. The van der Waals surface area contributed by atoms with E-state index < -0.39 is 0 Å². The van der Waals surface area contributed by atoms with Gasteiger partial charge in [-0.15, -0.1) is 0 Å². The van der Waals surface area contributed by atoms with E-state index in [1.807, 2.05) is 0 Å². The summed E-state index contributed by atoms with van der Waals surface area (Å²) in [6.45, 7) is 4.72. The lowest BCUT2D eigenvalue weighted by Gasteiger charge is -2.28. The summed E-state index contributed by atoms with van der Waals surface area (Å²) in [6, 6.07) is 2.93. The molecule has 2 aliphatic rings. The van der Waals surface area contributed by atoms with Crippen molar-refractivity contribution in [1.29, 1.82) is 0 Å². The highest BCUT2D eigenvalue weighted by Crippen LogP contribution is 2.29. The number of hydrogen-bond donors (Lipinski definition) is 1. The van der Waals surface area contributed by atoms with Crippen molar-refractivity contribution >= 4 is 0 Å². The predicted molar refractivity (Wildman–Crippen MR) is 73.6 cm³/mol. The quantitative estimate of drug-likeness (QED) is 0.890. The molecule has 0 spiro atoms. The number of hydrogen-bond acceptors (Lipinski definition) is 2. The Morgan fingerprint density at radius 3 is 2.94 bits per heavy atom. The highest BCUT2D eigenvalue weighted by molar-refractivity contribution is 5.02. The molecule has 0 amide bonds. The molecule has 2 heterocycles. The van der Waals surface area contributed by atoms with Gasteiger partial charge in [-0.2, -0.15) is 5.10 Å². The van der Waals surface area contributed by atoms with Crippen LogP contribution in [0.3, 0.4) is 0 Å². The fourth-order valence-corrected chi connectivity index (χ4v) is 3.50. The minimum Gasteiger partial charge on any atom is -0.316 e. The van der Waals surface area contributed by atoms with Crippen molar-refractivity contribution < 1.29 is 0 Å². The molecule has 0 radical (unpaired) electrons. The Bertz CT molecular complexity index is 379. The molecule has 2 fully saturated rings. The van der Waals surface area contributed by atoms with Crippen LogP contribution in [0.25, 0.3) is 0 Å². The standard InChI is InChI=1S/C15H25N3/c1-12-11-16-8-6-13(12)10-14-7-9-18(17-14)15-4-2-3-5-15/h7,9,12-13,15-16H,2-6,8,10-11H2,1H3. The molecule has 1 aliphatic carbocycles. The van der Waals surface area contributed by atoms with Gasteiger partial charge in [0, 0.05) is 6.20 Å². The molecule has 3 nitrogen and oxygen atoms in total. The van der Waals surface area contributed by atoms with Crippen molar-refractivity contribution in [1.82, 2.24) is 15.1 Å². The number of piperidine rings is 1. The smallest absolute Gasteiger partial charge is 0.0627 e. The first-order valence-corrected chi connectivity index (χ1v) is 7.57. The molecule has 1 aromatic heterocycles. The molecule has 1 aromatic rings. The van der Waals surface area contributed by atoms with E-state index in [-0.39, 0.29) is 0 Å². The van der Waals surface area contributed by atoms with Gasteiger partial charge in [0.05, 0.1) is 11.7 Å². The summed E-state index contributed by atoms with van der Waals surface area (Å²) in [6.07, 6.45) is 10.1. The molecule has 3 rings (SSSR count). The maximum absolute atomic E-state index is 4.82. The first kappa shape index (κ1) is 12.2. The van der Waals surface area contributed by atoms with Crippen molar-refractivity contribution in [3.05, 3.63) is 18.0 Å². The highest BCUT2D eigenvalue weighted by atomic mass is 15.3. The van der Waals surface area contributed by atoms with Gasteiger partial charge in [-0.05, 0) is 56.7 Å². The van der Waals surface area contributed by atoms with Gasteiger partial charge in [0.1, 0.15) is 0 Å². The van der Waals surface area contributed by atoms with Crippen molar-refractivity contribution in [3.8, 4) is 0 Å². The summed E-state index contributed by atoms with van der Waals surface area (Å²) in [7, 11) is 0. The molecule has 100 valence electrons. The van der Waals surface area contributed by atoms with E-state index in [0.717, 1.165) is 11.8 Å². The van der Waals surface area contributed by atoms with Gasteiger partial charge in [-0.25, -0.2) is 0 Å². The van der Waals surface area contributed by atoms with Crippen LogP contribution < -0.4 is 5.32 Å². The Kier molecular flexibility index (Phi) is 3.69. The van der Waals surface area contributed by atoms with E-state index in [9.17, 15) is 0 Å². The van der Waals surface area contributed by atoms with Crippen LogP contribution in [0.15, 0.2) is 12.3 Å². The van der Waals surface area contributed by atoms with Gasteiger partial charge in [0.25, 0.3) is 0 Å². The number of nitrogens with zero attached hydrogens (tertiary/aromatic N) is 2. The number of nitrogens with one attached hydrogen (secondary N) is 1. The Hall–Kier alpha value is -0.830. The van der Waals surface area contributed by atoms with E-state index in [0.29, 0.717) is 6.04 Å². The summed E-state index contributed by atoms with van der Waals surface area (Å²) in [5.41, 5.74) is 1.31. The fourth-order valence-electron chi connectivity index (χ4n) is 3.50. The van der Waals surface area contributed by atoms with Gasteiger partial charge < -0.3 is 5.32 Å². The largest absolute Gasteiger partial charge is 0.316 e. The SMILES string of the molecule is CC1CNCCC1Cc1ccn(C2CCCC2)n1. The van der Waals surface area contributed by atoms with Gasteiger partial charge in [-0.1, -0.05) is 19.8 Å². The maximum atomic E-state index is 4.82. The molecule has 2 atom stereocenters. The van der Waals surface area contributed by atoms with Crippen molar-refractivity contribution in [2.45, 2.75) is 51.5 Å². The number of aromatic nitrogens is 2. The van der Waals surface area contributed by atoms with Gasteiger partial charge in [-0.3, -0.25) is 4.68 Å². The van der Waals surface area contributed by atoms with Crippen molar-refractivity contribution in [2.24, 2.45) is 11.8 Å². The molecule has 2 unspecified atom stereocenters. The van der Waals surface area contributed by atoms with E-state index in [1.165, 1.54) is 57.3 Å². The van der Waals surface area contributed by atoms with Crippen LogP contribution in [0, 0.1) is 11.8 Å². The zero-order valence-electron chi connectivity index (χ0n) is 11.4. The molecule has 18 heavy (non-hydrogen) atoms. The van der Waals surface area contributed by atoms with Gasteiger partial charge >= 0.3 is 0 Å². The molecular formula is C15H25N3. The molecule has 1 saturated carbocycles. The van der Waals surface area contributed by atoms with E-state index >= 15 is 0 Å². The first-order chi connectivity index (χ1) is 8.83. The van der Waals surface area contributed by atoms with Crippen LogP contribution in [0.5, 0.6) is 0 Å². The second-order valence-corrected chi connectivity index (χ2v) is 6.16. The monoisotopic (exact) mass is 247 g/mol. The van der Waals surface area contributed by atoms with E-state index in [4.69, 9.17) is 5.10 Å². The molecule has 1 saturated heterocycles. The van der Waals surface area contributed by atoms with Crippen molar-refractivity contribution in [3.63, 3.8) is 0 Å². The summed E-state index contributed by atoms with van der Waals surface area (Å²) in [4.78, 5) is 0. The average molecular weight is 247 g/mol. The second kappa shape index (κ2) is 5.43. The van der Waals surface area contributed by atoms with E-state index in [2.05, 4.69) is 29.2 Å². The maximum Gasteiger partial charge on any atom is 0.0627 e. The Labute approximate surface area is 110 Å². The Morgan fingerprint density at radius 2 is 2.17 bits per heavy atom. The Morgan fingerprint density at radius 1 is 1.33 bits per heavy atom. The third kappa shape index (κ3) is 2.61. The summed E-state index contributed by atoms with van der Waals surface area (Å²) < 4.78 is 2.23. The van der Waals surface area contributed by atoms with Crippen molar-refractivity contribution in [2.75, 3.05) is 13.1 Å². The highest BCUT2D eigenvalue weighted by Gasteiger charge is 2.23. The predicted octanol–water partition coefficient (Wildman–Crippen LogP) is 2.79. The zero-order chi connectivity index (χ0) is 12.4. The molecule has 1 aliphatic heterocycles. The minimum atomic E-state index is 0.684. The topological polar surface area (TPSA) is 29.9 Å². The summed E-state index contributed by atoms with van der Waals surface area (Å²) in [5, 5.41) is 8.29. The van der Waals surface area contributed by atoms with Gasteiger partial charge in [0.15, 0.2) is 0 Å². The fraction of sp³-hybridized carbons (Fsp3) is 0.800.